The van der Waals surface area contributed by atoms with E-state index in [9.17, 15) is 24.0 Å². The number of carboxylic acids is 3. The predicted octanol–water partition coefficient (Wildman–Crippen LogP) is -1.87. The maximum absolute atomic E-state index is 11.5. The lowest BCUT2D eigenvalue weighted by Crippen LogP contribution is -2.49. The average molecular weight is 524 g/mol. The molecule has 15 heteroatoms. The van der Waals surface area contributed by atoms with Gasteiger partial charge in [-0.2, -0.15) is 25.3 Å². The Kier molecular flexibility index (Phi) is 20.5. The minimum absolute atomic E-state index is 0.0256. The molecule has 0 bridgehead atoms. The third kappa shape index (κ3) is 19.9. The van der Waals surface area contributed by atoms with Crippen LogP contribution in [0.5, 0.6) is 0 Å². The standard InChI is InChI=1S/C10H17N3O6S.C7H9NO2.C2H7NS/c11-5(10(18)19)1-2-7(14)13-6(4-20)9(17)12-3-8(15)16;9-7(10)6-8-4-2-1-3-5-8;3-1-2-4/h5-6,20H,1-4,11H2,(H,12,17)(H,13,14)(H,15,16)(H,18,19);1-4H,5-6H2,(H,9,10);4H,1-3H2/t5-,6-;;/m0../s1. The molecule has 0 saturated carbocycles. The molecule has 2 atom stereocenters. The molecule has 1 aliphatic rings. The Hall–Kier alpha value is -2.75. The monoisotopic (exact) mass is 523 g/mol. The van der Waals surface area contributed by atoms with Crippen molar-refractivity contribution in [1.29, 1.82) is 0 Å². The number of hydrogen-bond donors (Lipinski definition) is 9. The topological polar surface area (TPSA) is 225 Å². The first-order valence-electron chi connectivity index (χ1n) is 9.96. The Bertz CT molecular complexity index is 719. The summed E-state index contributed by atoms with van der Waals surface area (Å²) in [7, 11) is 0. The Morgan fingerprint density at radius 3 is 2.09 bits per heavy atom. The number of allylic oxidation sites excluding steroid dienone is 2. The smallest absolute Gasteiger partial charge is 0.323 e. The third-order valence-electron chi connectivity index (χ3n) is 3.60. The fraction of sp³-hybridized carbons (Fsp3) is 0.526. The van der Waals surface area contributed by atoms with Crippen LogP contribution >= 0.6 is 25.3 Å². The molecule has 1 heterocycles. The van der Waals surface area contributed by atoms with E-state index in [1.165, 1.54) is 0 Å². The zero-order chi connectivity index (χ0) is 26.5. The van der Waals surface area contributed by atoms with Gasteiger partial charge in [0.2, 0.25) is 11.8 Å². The van der Waals surface area contributed by atoms with Crippen LogP contribution in [0.25, 0.3) is 0 Å². The predicted molar refractivity (Wildman–Crippen MR) is 132 cm³/mol. The highest BCUT2D eigenvalue weighted by atomic mass is 32.1. The number of carbonyl (C=O) groups is 5. The molecule has 13 nitrogen and oxygen atoms in total. The summed E-state index contributed by atoms with van der Waals surface area (Å²) in [6, 6.07) is -2.15. The van der Waals surface area contributed by atoms with Crippen LogP contribution < -0.4 is 22.1 Å². The SMILES string of the molecule is NCCS.N[C@@H](CCC(=O)N[C@@H](CS)C(=O)NCC(=O)O)C(=O)O.O=C(O)CN1C=CC=CC1. The van der Waals surface area contributed by atoms with Crippen LogP contribution in [0.2, 0.25) is 0 Å². The van der Waals surface area contributed by atoms with Gasteiger partial charge in [0.25, 0.3) is 0 Å². The highest BCUT2D eigenvalue weighted by Gasteiger charge is 2.20. The number of carbonyl (C=O) groups excluding carboxylic acids is 2. The van der Waals surface area contributed by atoms with Gasteiger partial charge in [-0.15, -0.1) is 0 Å². The third-order valence-corrected chi connectivity index (χ3v) is 4.22. The Morgan fingerprint density at radius 1 is 1.06 bits per heavy atom. The zero-order valence-electron chi connectivity index (χ0n) is 18.5. The van der Waals surface area contributed by atoms with E-state index in [1.807, 2.05) is 18.2 Å². The van der Waals surface area contributed by atoms with Crippen molar-refractivity contribution in [3.63, 3.8) is 0 Å². The molecule has 0 aliphatic carbocycles. The van der Waals surface area contributed by atoms with Crippen molar-refractivity contribution >= 4 is 55.0 Å². The lowest BCUT2D eigenvalue weighted by molar-refractivity contribution is -0.139. The molecular formula is C19H33N5O8S2. The summed E-state index contributed by atoms with van der Waals surface area (Å²) < 4.78 is 0. The summed E-state index contributed by atoms with van der Waals surface area (Å²) in [5.74, 6) is -3.70. The largest absolute Gasteiger partial charge is 0.480 e. The molecule has 1 rings (SSSR count). The molecule has 34 heavy (non-hydrogen) atoms. The average Bonchev–Trinajstić information content (AvgIpc) is 2.80. The number of nitrogens with one attached hydrogen (secondary N) is 2. The van der Waals surface area contributed by atoms with Gasteiger partial charge in [0.1, 0.15) is 25.2 Å². The van der Waals surface area contributed by atoms with Crippen LogP contribution in [0, 0.1) is 0 Å². The van der Waals surface area contributed by atoms with Gasteiger partial charge in [0, 0.05) is 31.0 Å². The maximum atomic E-state index is 11.5. The summed E-state index contributed by atoms with van der Waals surface area (Å²) in [4.78, 5) is 55.6. The van der Waals surface area contributed by atoms with Crippen LogP contribution in [0.3, 0.4) is 0 Å². The van der Waals surface area contributed by atoms with E-state index in [0.29, 0.717) is 13.1 Å². The Labute approximate surface area is 208 Å². The number of amides is 2. The molecule has 0 unspecified atom stereocenters. The number of rotatable bonds is 12. The lowest BCUT2D eigenvalue weighted by Gasteiger charge is -2.16. The van der Waals surface area contributed by atoms with E-state index in [-0.39, 0.29) is 25.1 Å². The van der Waals surface area contributed by atoms with Crippen molar-refractivity contribution in [2.45, 2.75) is 24.9 Å². The van der Waals surface area contributed by atoms with E-state index < -0.39 is 48.4 Å². The quantitative estimate of drug-likeness (QED) is 0.129. The van der Waals surface area contributed by atoms with Crippen LogP contribution in [-0.2, 0) is 24.0 Å². The van der Waals surface area contributed by atoms with E-state index in [2.05, 4.69) is 35.9 Å². The molecule has 9 N–H and O–H groups in total. The first kappa shape index (κ1) is 33.4. The van der Waals surface area contributed by atoms with Crippen molar-refractivity contribution in [1.82, 2.24) is 15.5 Å². The van der Waals surface area contributed by atoms with Crippen LogP contribution in [0.1, 0.15) is 12.8 Å². The minimum atomic E-state index is -1.22. The van der Waals surface area contributed by atoms with Crippen molar-refractivity contribution in [3.05, 3.63) is 24.4 Å². The molecule has 0 aromatic carbocycles. The molecule has 0 aromatic rings. The van der Waals surface area contributed by atoms with Crippen molar-refractivity contribution in [2.24, 2.45) is 11.5 Å². The summed E-state index contributed by atoms with van der Waals surface area (Å²) in [5, 5.41) is 29.7. The molecule has 0 spiro atoms. The van der Waals surface area contributed by atoms with E-state index >= 15 is 0 Å². The fourth-order valence-corrected chi connectivity index (χ4v) is 2.21. The first-order valence-corrected chi connectivity index (χ1v) is 11.2. The molecule has 0 saturated heterocycles. The summed E-state index contributed by atoms with van der Waals surface area (Å²) in [6.07, 6.45) is 7.18. The summed E-state index contributed by atoms with van der Waals surface area (Å²) in [6.45, 7) is 0.898. The molecule has 0 fully saturated rings. The van der Waals surface area contributed by atoms with Gasteiger partial charge in [-0.25, -0.2) is 0 Å². The van der Waals surface area contributed by atoms with Crippen molar-refractivity contribution in [2.75, 3.05) is 37.7 Å². The second kappa shape index (κ2) is 20.8. The van der Waals surface area contributed by atoms with Gasteiger partial charge in [-0.1, -0.05) is 12.2 Å². The van der Waals surface area contributed by atoms with Gasteiger partial charge >= 0.3 is 17.9 Å². The second-order valence-corrected chi connectivity index (χ2v) is 7.32. The van der Waals surface area contributed by atoms with E-state index in [1.54, 1.807) is 11.1 Å². The Morgan fingerprint density at radius 2 is 1.68 bits per heavy atom. The van der Waals surface area contributed by atoms with Gasteiger partial charge in [0.15, 0.2) is 0 Å². The molecule has 2 amide bonds. The number of nitrogens with two attached hydrogens (primary N) is 2. The van der Waals surface area contributed by atoms with Gasteiger partial charge in [-0.3, -0.25) is 24.0 Å². The van der Waals surface area contributed by atoms with Crippen LogP contribution in [-0.4, -0.2) is 99.7 Å². The van der Waals surface area contributed by atoms with E-state index in [0.717, 1.165) is 5.75 Å². The first-order chi connectivity index (χ1) is 16.0. The summed E-state index contributed by atoms with van der Waals surface area (Å²) >= 11 is 7.67. The second-order valence-electron chi connectivity index (χ2n) is 6.50. The Balaban J connectivity index is 0. The molecule has 194 valence electrons. The summed E-state index contributed by atoms with van der Waals surface area (Å²) in [5.41, 5.74) is 10.2. The fourth-order valence-electron chi connectivity index (χ4n) is 1.95. The number of carboxylic acid groups (broad SMARTS) is 3. The van der Waals surface area contributed by atoms with Gasteiger partial charge in [0.05, 0.1) is 0 Å². The number of hydrogen-bond acceptors (Lipinski definition) is 10. The highest BCUT2D eigenvalue weighted by Crippen LogP contribution is 1.98. The normalized spacial score (nSPS) is 13.2. The molecule has 0 radical (unpaired) electrons. The minimum Gasteiger partial charge on any atom is -0.480 e. The van der Waals surface area contributed by atoms with Crippen LogP contribution in [0.4, 0.5) is 0 Å². The van der Waals surface area contributed by atoms with Gasteiger partial charge < -0.3 is 42.3 Å². The molecule has 0 aromatic heterocycles. The van der Waals surface area contributed by atoms with Gasteiger partial charge in [-0.05, 0) is 18.7 Å². The maximum Gasteiger partial charge on any atom is 0.323 e. The molecule has 1 aliphatic heterocycles. The van der Waals surface area contributed by atoms with Crippen LogP contribution in [0.15, 0.2) is 24.4 Å². The molecular weight excluding hydrogens is 490 g/mol. The lowest BCUT2D eigenvalue weighted by atomic mass is 10.1. The van der Waals surface area contributed by atoms with E-state index in [4.69, 9.17) is 26.8 Å². The highest BCUT2D eigenvalue weighted by molar-refractivity contribution is 7.80. The number of nitrogens with zero attached hydrogens (tertiary/aromatic N) is 1. The zero-order valence-corrected chi connectivity index (χ0v) is 20.3. The van der Waals surface area contributed by atoms with Crippen molar-refractivity contribution < 1.29 is 39.3 Å². The number of aliphatic carboxylic acids is 3. The van der Waals surface area contributed by atoms with Crippen molar-refractivity contribution in [3.8, 4) is 0 Å². The number of thiol groups is 2.